The molecule has 0 amide bonds. The number of hydrogen-bond acceptors (Lipinski definition) is 4. The van der Waals surface area contributed by atoms with Crippen LogP contribution in [0.15, 0.2) is 36.4 Å². The van der Waals surface area contributed by atoms with Crippen molar-refractivity contribution < 1.29 is 23.5 Å². The molecule has 0 bridgehead atoms. The lowest BCUT2D eigenvalue weighted by molar-refractivity contribution is -0.131. The molecule has 0 saturated heterocycles. The Morgan fingerprint density at radius 3 is 2.35 bits per heavy atom. The first-order valence-corrected chi connectivity index (χ1v) is 7.18. The lowest BCUT2D eigenvalue weighted by atomic mass is 10.00. The Balaban J connectivity index is 2.43. The Bertz CT molecular complexity index is 735. The van der Waals surface area contributed by atoms with Gasteiger partial charge in [0.25, 0.3) is 0 Å². The summed E-state index contributed by atoms with van der Waals surface area (Å²) in [5.74, 6) is -1.35. The Kier molecular flexibility index (Phi) is 5.11. The number of halogens is 1. The van der Waals surface area contributed by atoms with Crippen LogP contribution in [-0.2, 0) is 4.79 Å². The summed E-state index contributed by atoms with van der Waals surface area (Å²) >= 11 is 0. The van der Waals surface area contributed by atoms with Gasteiger partial charge in [0.1, 0.15) is 22.9 Å². The maximum absolute atomic E-state index is 14.3. The van der Waals surface area contributed by atoms with E-state index >= 15 is 0 Å². The summed E-state index contributed by atoms with van der Waals surface area (Å²) < 4.78 is 24.6. The van der Waals surface area contributed by atoms with E-state index in [1.807, 2.05) is 6.92 Å². The number of carbonyl (C=O) groups excluding carboxylic acids is 2. The van der Waals surface area contributed by atoms with Crippen molar-refractivity contribution in [1.29, 1.82) is 0 Å². The number of benzene rings is 2. The van der Waals surface area contributed by atoms with Crippen LogP contribution in [0, 0.1) is 12.7 Å². The molecule has 4 nitrogen and oxygen atoms in total. The molecule has 2 aromatic carbocycles. The minimum Gasteiger partial charge on any atom is -0.494 e. The van der Waals surface area contributed by atoms with E-state index in [1.165, 1.54) is 19.1 Å². The van der Waals surface area contributed by atoms with E-state index in [1.54, 1.807) is 31.2 Å². The highest BCUT2D eigenvalue weighted by molar-refractivity contribution is 6.11. The van der Waals surface area contributed by atoms with Crippen molar-refractivity contribution in [3.63, 3.8) is 0 Å². The normalized spacial score (nSPS) is 10.3. The number of aryl methyl sites for hydroxylation is 1. The molecule has 2 aromatic rings. The lowest BCUT2D eigenvalue weighted by Crippen LogP contribution is -2.11. The highest BCUT2D eigenvalue weighted by Gasteiger charge is 2.21. The minimum absolute atomic E-state index is 0.0751. The highest BCUT2D eigenvalue weighted by atomic mass is 19.1. The van der Waals surface area contributed by atoms with Crippen LogP contribution in [0.1, 0.15) is 35.3 Å². The molecule has 120 valence electrons. The first-order chi connectivity index (χ1) is 10.9. The fraction of sp³-hybridized carbons (Fsp3) is 0.222. The highest BCUT2D eigenvalue weighted by Crippen LogP contribution is 2.27. The van der Waals surface area contributed by atoms with Gasteiger partial charge in [0, 0.05) is 12.5 Å². The molecule has 2 rings (SSSR count). The summed E-state index contributed by atoms with van der Waals surface area (Å²) in [6.07, 6.45) is 0. The molecule has 0 N–H and O–H groups in total. The van der Waals surface area contributed by atoms with Crippen molar-refractivity contribution in [1.82, 2.24) is 0 Å². The van der Waals surface area contributed by atoms with Crippen LogP contribution in [0.2, 0.25) is 0 Å². The van der Waals surface area contributed by atoms with Crippen molar-refractivity contribution in [2.75, 3.05) is 6.61 Å². The maximum atomic E-state index is 14.3. The molecule has 0 aliphatic heterocycles. The third kappa shape index (κ3) is 3.94. The molecule has 0 atom stereocenters. The standard InChI is InChI=1S/C18H17FO4/c1-4-22-14-7-5-13(6-8-14)18(21)17-15(19)9-11(2)10-16(17)23-12(3)20/h5-10H,4H2,1-3H3. The Hall–Kier alpha value is -2.69. The summed E-state index contributed by atoms with van der Waals surface area (Å²) in [6.45, 7) is 5.22. The molecule has 0 spiro atoms. The van der Waals surface area contributed by atoms with Crippen molar-refractivity contribution in [3.8, 4) is 11.5 Å². The first kappa shape index (κ1) is 16.7. The topological polar surface area (TPSA) is 52.6 Å². The average molecular weight is 316 g/mol. The average Bonchev–Trinajstić information content (AvgIpc) is 2.46. The van der Waals surface area contributed by atoms with Gasteiger partial charge in [0.15, 0.2) is 5.78 Å². The third-order valence-electron chi connectivity index (χ3n) is 3.11. The zero-order chi connectivity index (χ0) is 17.0. The number of carbonyl (C=O) groups is 2. The van der Waals surface area contributed by atoms with E-state index in [4.69, 9.17) is 9.47 Å². The molecule has 0 aliphatic rings. The molecule has 0 radical (unpaired) electrons. The maximum Gasteiger partial charge on any atom is 0.308 e. The number of rotatable bonds is 5. The summed E-state index contributed by atoms with van der Waals surface area (Å²) in [7, 11) is 0. The van der Waals surface area contributed by atoms with E-state index < -0.39 is 17.6 Å². The van der Waals surface area contributed by atoms with Crippen LogP contribution in [-0.4, -0.2) is 18.4 Å². The predicted molar refractivity (Wildman–Crippen MR) is 83.5 cm³/mol. The van der Waals surface area contributed by atoms with Crippen LogP contribution in [0.3, 0.4) is 0 Å². The van der Waals surface area contributed by atoms with Crippen molar-refractivity contribution in [3.05, 3.63) is 58.9 Å². The molecular weight excluding hydrogens is 299 g/mol. The van der Waals surface area contributed by atoms with Gasteiger partial charge in [-0.2, -0.15) is 0 Å². The van der Waals surface area contributed by atoms with Crippen molar-refractivity contribution in [2.24, 2.45) is 0 Å². The number of esters is 1. The van der Waals surface area contributed by atoms with Gasteiger partial charge in [0.05, 0.1) is 6.61 Å². The molecule has 23 heavy (non-hydrogen) atoms. The SMILES string of the molecule is CCOc1ccc(C(=O)c2c(F)cc(C)cc2OC(C)=O)cc1. The van der Waals surface area contributed by atoms with Crippen LogP contribution < -0.4 is 9.47 Å². The quantitative estimate of drug-likeness (QED) is 0.479. The van der Waals surface area contributed by atoms with E-state index in [9.17, 15) is 14.0 Å². The molecule has 0 fully saturated rings. The van der Waals surface area contributed by atoms with E-state index in [2.05, 4.69) is 0 Å². The Morgan fingerprint density at radius 1 is 1.13 bits per heavy atom. The zero-order valence-corrected chi connectivity index (χ0v) is 13.2. The number of ketones is 1. The fourth-order valence-electron chi connectivity index (χ4n) is 2.18. The molecule has 5 heteroatoms. The zero-order valence-electron chi connectivity index (χ0n) is 13.2. The monoisotopic (exact) mass is 316 g/mol. The largest absolute Gasteiger partial charge is 0.494 e. The predicted octanol–water partition coefficient (Wildman–Crippen LogP) is 3.69. The van der Waals surface area contributed by atoms with Crippen LogP contribution in [0.4, 0.5) is 4.39 Å². The second-order valence-corrected chi connectivity index (χ2v) is 5.00. The molecular formula is C18H17FO4. The number of ether oxygens (including phenoxy) is 2. The second-order valence-electron chi connectivity index (χ2n) is 5.00. The third-order valence-corrected chi connectivity index (χ3v) is 3.11. The summed E-state index contributed by atoms with van der Waals surface area (Å²) in [6, 6.07) is 9.05. The fourth-order valence-corrected chi connectivity index (χ4v) is 2.18. The van der Waals surface area contributed by atoms with Gasteiger partial charge < -0.3 is 9.47 Å². The van der Waals surface area contributed by atoms with E-state index in [0.717, 1.165) is 0 Å². The van der Waals surface area contributed by atoms with Gasteiger partial charge in [-0.15, -0.1) is 0 Å². The van der Waals surface area contributed by atoms with Crippen LogP contribution in [0.25, 0.3) is 0 Å². The molecule has 0 aromatic heterocycles. The van der Waals surface area contributed by atoms with Crippen LogP contribution in [0.5, 0.6) is 11.5 Å². The van der Waals surface area contributed by atoms with E-state index in [-0.39, 0.29) is 16.9 Å². The van der Waals surface area contributed by atoms with Gasteiger partial charge in [-0.05, 0) is 55.8 Å². The van der Waals surface area contributed by atoms with Gasteiger partial charge in [-0.3, -0.25) is 9.59 Å². The van der Waals surface area contributed by atoms with Gasteiger partial charge >= 0.3 is 5.97 Å². The Labute approximate surface area is 133 Å². The van der Waals surface area contributed by atoms with Gasteiger partial charge in [0.2, 0.25) is 0 Å². The Morgan fingerprint density at radius 2 is 1.78 bits per heavy atom. The van der Waals surface area contributed by atoms with E-state index in [0.29, 0.717) is 17.9 Å². The van der Waals surface area contributed by atoms with Crippen molar-refractivity contribution >= 4 is 11.8 Å². The lowest BCUT2D eigenvalue weighted by Gasteiger charge is -2.11. The smallest absolute Gasteiger partial charge is 0.308 e. The first-order valence-electron chi connectivity index (χ1n) is 7.18. The molecule has 0 aliphatic carbocycles. The number of hydrogen-bond donors (Lipinski definition) is 0. The summed E-state index contributed by atoms with van der Waals surface area (Å²) in [5, 5.41) is 0. The van der Waals surface area contributed by atoms with Crippen molar-refractivity contribution in [2.45, 2.75) is 20.8 Å². The molecule has 0 unspecified atom stereocenters. The van der Waals surface area contributed by atoms with Gasteiger partial charge in [-0.1, -0.05) is 0 Å². The minimum atomic E-state index is -0.722. The van der Waals surface area contributed by atoms with Crippen LogP contribution >= 0.6 is 0 Å². The molecule has 0 heterocycles. The summed E-state index contributed by atoms with van der Waals surface area (Å²) in [5.41, 5.74) is 0.585. The molecule has 0 saturated carbocycles. The van der Waals surface area contributed by atoms with Gasteiger partial charge in [-0.25, -0.2) is 4.39 Å². The summed E-state index contributed by atoms with van der Waals surface area (Å²) in [4.78, 5) is 23.8. The second kappa shape index (κ2) is 7.05.